The molecule has 0 atom stereocenters. The van der Waals surface area contributed by atoms with Gasteiger partial charge in [-0.3, -0.25) is 4.79 Å². The summed E-state index contributed by atoms with van der Waals surface area (Å²) in [5, 5.41) is 0.918. The van der Waals surface area contributed by atoms with Gasteiger partial charge in [-0.2, -0.15) is 0 Å². The van der Waals surface area contributed by atoms with Crippen LogP contribution in [0.2, 0.25) is 0 Å². The third-order valence-corrected chi connectivity index (χ3v) is 3.90. The maximum Gasteiger partial charge on any atom is 0.254 e. The van der Waals surface area contributed by atoms with E-state index in [4.69, 9.17) is 0 Å². The van der Waals surface area contributed by atoms with Crippen LogP contribution in [0.5, 0.6) is 0 Å². The molecule has 2 nitrogen and oxygen atoms in total. The summed E-state index contributed by atoms with van der Waals surface area (Å²) in [4.78, 5) is 14.5. The van der Waals surface area contributed by atoms with Crippen LogP contribution in [0.4, 0.5) is 0 Å². The van der Waals surface area contributed by atoms with Crippen LogP contribution in [-0.4, -0.2) is 28.7 Å². The smallest absolute Gasteiger partial charge is 0.254 e. The van der Waals surface area contributed by atoms with Crippen LogP contribution in [0, 0.1) is 6.92 Å². The highest BCUT2D eigenvalue weighted by molar-refractivity contribution is 9.10. The lowest BCUT2D eigenvalue weighted by Crippen LogP contribution is -2.38. The number of alkyl halides is 1. The van der Waals surface area contributed by atoms with Gasteiger partial charge >= 0.3 is 0 Å². The van der Waals surface area contributed by atoms with Gasteiger partial charge in [0.2, 0.25) is 0 Å². The molecule has 0 aliphatic heterocycles. The zero-order valence-electron chi connectivity index (χ0n) is 11.0. The molecule has 0 aliphatic rings. The average Bonchev–Trinajstić information content (AvgIpc) is 2.32. The number of carbonyl (C=O) groups is 1. The Balaban J connectivity index is 2.98. The third kappa shape index (κ3) is 4.09. The molecule has 0 heterocycles. The molecule has 0 saturated carbocycles. The standard InChI is InChI=1S/C14H19Br2NO/c1-10(2)17(8-4-7-15)14(18)13-9-12(16)6-5-11(13)3/h5-6,9-10H,4,7-8H2,1-3H3. The van der Waals surface area contributed by atoms with Crippen molar-refractivity contribution in [3.05, 3.63) is 33.8 Å². The van der Waals surface area contributed by atoms with E-state index in [-0.39, 0.29) is 11.9 Å². The molecule has 1 aromatic rings. The summed E-state index contributed by atoms with van der Waals surface area (Å²) >= 11 is 6.84. The van der Waals surface area contributed by atoms with Gasteiger partial charge in [-0.1, -0.05) is 37.9 Å². The number of rotatable bonds is 5. The fraction of sp³-hybridized carbons (Fsp3) is 0.500. The van der Waals surface area contributed by atoms with Gasteiger partial charge in [-0.25, -0.2) is 0 Å². The van der Waals surface area contributed by atoms with E-state index < -0.39 is 0 Å². The molecule has 0 radical (unpaired) electrons. The second-order valence-corrected chi connectivity index (χ2v) is 6.30. The molecule has 0 bridgehead atoms. The molecule has 0 N–H and O–H groups in total. The summed E-state index contributed by atoms with van der Waals surface area (Å²) in [5.74, 6) is 0.116. The van der Waals surface area contributed by atoms with E-state index in [1.54, 1.807) is 0 Å². The highest BCUT2D eigenvalue weighted by atomic mass is 79.9. The molecule has 1 amide bonds. The first kappa shape index (κ1) is 15.7. The Morgan fingerprint density at radius 1 is 1.39 bits per heavy atom. The summed E-state index contributed by atoms with van der Waals surface area (Å²) < 4.78 is 0.945. The molecule has 0 saturated heterocycles. The van der Waals surface area contributed by atoms with Crippen molar-refractivity contribution in [3.63, 3.8) is 0 Å². The second-order valence-electron chi connectivity index (χ2n) is 4.59. The van der Waals surface area contributed by atoms with Crippen molar-refractivity contribution in [2.45, 2.75) is 33.2 Å². The first-order valence-corrected chi connectivity index (χ1v) is 8.02. The van der Waals surface area contributed by atoms with E-state index in [0.29, 0.717) is 0 Å². The van der Waals surface area contributed by atoms with Crippen molar-refractivity contribution in [2.75, 3.05) is 11.9 Å². The molecule has 1 aromatic carbocycles. The van der Waals surface area contributed by atoms with Crippen LogP contribution in [-0.2, 0) is 0 Å². The number of nitrogens with zero attached hydrogens (tertiary/aromatic N) is 1. The fourth-order valence-electron chi connectivity index (χ4n) is 1.80. The van der Waals surface area contributed by atoms with Gasteiger partial charge in [0.05, 0.1) is 0 Å². The number of carbonyl (C=O) groups excluding carboxylic acids is 1. The SMILES string of the molecule is Cc1ccc(Br)cc1C(=O)N(CCCBr)C(C)C. The molecule has 0 fully saturated rings. The second kappa shape index (κ2) is 7.29. The third-order valence-electron chi connectivity index (χ3n) is 2.85. The number of hydrogen-bond acceptors (Lipinski definition) is 1. The molecule has 100 valence electrons. The molecule has 18 heavy (non-hydrogen) atoms. The largest absolute Gasteiger partial charge is 0.336 e. The zero-order chi connectivity index (χ0) is 13.7. The number of aryl methyl sites for hydroxylation is 1. The van der Waals surface area contributed by atoms with Crippen LogP contribution in [0.25, 0.3) is 0 Å². The minimum Gasteiger partial charge on any atom is -0.336 e. The van der Waals surface area contributed by atoms with Crippen molar-refractivity contribution < 1.29 is 4.79 Å². The first-order chi connectivity index (χ1) is 8.47. The summed E-state index contributed by atoms with van der Waals surface area (Å²) in [5.41, 5.74) is 1.81. The topological polar surface area (TPSA) is 20.3 Å². The van der Waals surface area contributed by atoms with Crippen LogP contribution < -0.4 is 0 Å². The van der Waals surface area contributed by atoms with Crippen LogP contribution >= 0.6 is 31.9 Å². The molecule has 0 unspecified atom stereocenters. The van der Waals surface area contributed by atoms with Crippen LogP contribution in [0.3, 0.4) is 0 Å². The van der Waals surface area contributed by atoms with Crippen molar-refractivity contribution in [3.8, 4) is 0 Å². The molecule has 0 spiro atoms. The Hall–Kier alpha value is -0.350. The maximum atomic E-state index is 12.6. The Kier molecular flexibility index (Phi) is 6.36. The molecule has 0 aromatic heterocycles. The summed E-state index contributed by atoms with van der Waals surface area (Å²) in [6, 6.07) is 6.06. The Morgan fingerprint density at radius 2 is 2.06 bits per heavy atom. The summed E-state index contributed by atoms with van der Waals surface area (Å²) in [6.45, 7) is 6.87. The van der Waals surface area contributed by atoms with E-state index in [2.05, 4.69) is 45.7 Å². The average molecular weight is 377 g/mol. The van der Waals surface area contributed by atoms with Gasteiger partial charge in [0.25, 0.3) is 5.91 Å². The Bertz CT molecular complexity index is 418. The molecular weight excluding hydrogens is 358 g/mol. The number of hydrogen-bond donors (Lipinski definition) is 0. The molecule has 0 aliphatic carbocycles. The van der Waals surface area contributed by atoms with Gasteiger partial charge in [0.15, 0.2) is 0 Å². The van der Waals surface area contributed by atoms with Crippen molar-refractivity contribution >= 4 is 37.8 Å². The van der Waals surface area contributed by atoms with Crippen LogP contribution in [0.15, 0.2) is 22.7 Å². The van der Waals surface area contributed by atoms with E-state index in [0.717, 1.165) is 33.9 Å². The summed E-state index contributed by atoms with van der Waals surface area (Å²) in [7, 11) is 0. The normalized spacial score (nSPS) is 10.8. The van der Waals surface area contributed by atoms with Gasteiger partial charge in [-0.05, 0) is 44.9 Å². The highest BCUT2D eigenvalue weighted by Gasteiger charge is 2.19. The highest BCUT2D eigenvalue weighted by Crippen LogP contribution is 2.19. The predicted octanol–water partition coefficient (Wildman–Crippen LogP) is 4.39. The monoisotopic (exact) mass is 375 g/mol. The van der Waals surface area contributed by atoms with E-state index in [1.807, 2.05) is 30.0 Å². The molecule has 1 rings (SSSR count). The minimum absolute atomic E-state index is 0.116. The molecule has 4 heteroatoms. The van der Waals surface area contributed by atoms with Gasteiger partial charge in [0.1, 0.15) is 0 Å². The maximum absolute atomic E-state index is 12.6. The fourth-order valence-corrected chi connectivity index (χ4v) is 2.42. The lowest BCUT2D eigenvalue weighted by Gasteiger charge is -2.27. The van der Waals surface area contributed by atoms with Crippen molar-refractivity contribution in [1.82, 2.24) is 4.90 Å². The van der Waals surface area contributed by atoms with Crippen LogP contribution in [0.1, 0.15) is 36.2 Å². The van der Waals surface area contributed by atoms with E-state index in [1.165, 1.54) is 0 Å². The van der Waals surface area contributed by atoms with Crippen molar-refractivity contribution in [1.29, 1.82) is 0 Å². The number of halogens is 2. The minimum atomic E-state index is 0.116. The van der Waals surface area contributed by atoms with Gasteiger partial charge in [0, 0.05) is 28.0 Å². The van der Waals surface area contributed by atoms with E-state index in [9.17, 15) is 4.79 Å². The Labute approximate surface area is 126 Å². The number of benzene rings is 1. The van der Waals surface area contributed by atoms with Gasteiger partial charge < -0.3 is 4.90 Å². The summed E-state index contributed by atoms with van der Waals surface area (Å²) in [6.07, 6.45) is 0.969. The number of amides is 1. The quantitative estimate of drug-likeness (QED) is 0.697. The van der Waals surface area contributed by atoms with Crippen molar-refractivity contribution in [2.24, 2.45) is 0 Å². The van der Waals surface area contributed by atoms with Gasteiger partial charge in [-0.15, -0.1) is 0 Å². The first-order valence-electron chi connectivity index (χ1n) is 6.10. The predicted molar refractivity (Wildman–Crippen MR) is 83.5 cm³/mol. The zero-order valence-corrected chi connectivity index (χ0v) is 14.2. The Morgan fingerprint density at radius 3 is 2.61 bits per heavy atom. The molecular formula is C14H19Br2NO. The lowest BCUT2D eigenvalue weighted by molar-refractivity contribution is 0.0706. The van der Waals surface area contributed by atoms with E-state index >= 15 is 0 Å². The lowest BCUT2D eigenvalue weighted by atomic mass is 10.1.